The third-order valence-corrected chi connectivity index (χ3v) is 4.19. The van der Waals surface area contributed by atoms with Crippen LogP contribution in [0.2, 0.25) is 0 Å². The number of benzene rings is 1. The van der Waals surface area contributed by atoms with Gasteiger partial charge in [0.25, 0.3) is 0 Å². The van der Waals surface area contributed by atoms with E-state index in [2.05, 4.69) is 19.2 Å². The highest BCUT2D eigenvalue weighted by molar-refractivity contribution is 5.81. The van der Waals surface area contributed by atoms with E-state index in [4.69, 9.17) is 0 Å². The van der Waals surface area contributed by atoms with E-state index in [-0.39, 0.29) is 24.7 Å². The van der Waals surface area contributed by atoms with E-state index < -0.39 is 11.6 Å². The van der Waals surface area contributed by atoms with E-state index in [0.29, 0.717) is 11.5 Å². The van der Waals surface area contributed by atoms with Crippen LogP contribution in [0.5, 0.6) is 0 Å². The third-order valence-electron chi connectivity index (χ3n) is 4.19. The molecule has 1 aromatic carbocycles. The van der Waals surface area contributed by atoms with Gasteiger partial charge in [-0.15, -0.1) is 0 Å². The predicted octanol–water partition coefficient (Wildman–Crippen LogP) is 3.22. The molecule has 0 radical (unpaired) electrons. The molecular formula is C16H22F2N2O. The van der Waals surface area contributed by atoms with Gasteiger partial charge in [0.1, 0.15) is 6.17 Å². The zero-order chi connectivity index (χ0) is 15.6. The van der Waals surface area contributed by atoms with E-state index in [9.17, 15) is 13.6 Å². The maximum atomic E-state index is 13.4. The molecule has 1 aromatic rings. The predicted molar refractivity (Wildman–Crippen MR) is 77.5 cm³/mol. The third kappa shape index (κ3) is 3.40. The molecule has 0 aromatic heterocycles. The molecule has 1 fully saturated rings. The number of rotatable bonds is 5. The van der Waals surface area contributed by atoms with Crippen molar-refractivity contribution in [2.75, 3.05) is 6.54 Å². The maximum absolute atomic E-state index is 13.4. The Hall–Kier alpha value is -1.49. The van der Waals surface area contributed by atoms with Crippen LogP contribution in [0.25, 0.3) is 0 Å². The first kappa shape index (κ1) is 15.9. The van der Waals surface area contributed by atoms with Gasteiger partial charge < -0.3 is 4.90 Å². The smallest absolute Gasteiger partial charge is 0.238 e. The Bertz CT molecular complexity index is 521. The minimum atomic E-state index is -0.886. The van der Waals surface area contributed by atoms with Crippen molar-refractivity contribution in [1.29, 1.82) is 0 Å². The van der Waals surface area contributed by atoms with Gasteiger partial charge in [-0.05, 0) is 37.0 Å². The average molecular weight is 296 g/mol. The summed E-state index contributed by atoms with van der Waals surface area (Å²) in [5.41, 5.74) is 0.579. The van der Waals surface area contributed by atoms with Crippen molar-refractivity contribution >= 4 is 5.91 Å². The second-order valence-electron chi connectivity index (χ2n) is 5.86. The van der Waals surface area contributed by atoms with Gasteiger partial charge in [-0.1, -0.05) is 26.3 Å². The van der Waals surface area contributed by atoms with Crippen LogP contribution < -0.4 is 5.32 Å². The van der Waals surface area contributed by atoms with E-state index in [1.165, 1.54) is 6.07 Å². The monoisotopic (exact) mass is 296 g/mol. The molecule has 1 aliphatic heterocycles. The van der Waals surface area contributed by atoms with Crippen LogP contribution in [0.3, 0.4) is 0 Å². The van der Waals surface area contributed by atoms with Crippen LogP contribution in [0.15, 0.2) is 18.2 Å². The lowest BCUT2D eigenvalue weighted by Crippen LogP contribution is -2.38. The highest BCUT2D eigenvalue weighted by Crippen LogP contribution is 2.28. The maximum Gasteiger partial charge on any atom is 0.238 e. The summed E-state index contributed by atoms with van der Waals surface area (Å²) in [4.78, 5) is 13.9. The Morgan fingerprint density at radius 1 is 1.33 bits per heavy atom. The zero-order valence-electron chi connectivity index (χ0n) is 12.7. The minimum Gasteiger partial charge on any atom is -0.319 e. The average Bonchev–Trinajstić information content (AvgIpc) is 2.83. The summed E-state index contributed by atoms with van der Waals surface area (Å²) in [5.74, 6) is -1.25. The van der Waals surface area contributed by atoms with Gasteiger partial charge in [0.15, 0.2) is 11.6 Å². The molecule has 1 saturated heterocycles. The topological polar surface area (TPSA) is 32.3 Å². The van der Waals surface area contributed by atoms with E-state index >= 15 is 0 Å². The number of hydrogen-bond donors (Lipinski definition) is 1. The molecule has 0 bridgehead atoms. The largest absolute Gasteiger partial charge is 0.319 e. The van der Waals surface area contributed by atoms with Crippen molar-refractivity contribution in [3.63, 3.8) is 0 Å². The lowest BCUT2D eigenvalue weighted by molar-refractivity contribution is -0.130. The lowest BCUT2D eigenvalue weighted by Gasteiger charge is -2.32. The van der Waals surface area contributed by atoms with E-state index in [1.807, 2.05) is 6.92 Å². The molecule has 1 aliphatic rings. The van der Waals surface area contributed by atoms with Gasteiger partial charge in [0, 0.05) is 6.04 Å². The molecule has 2 rings (SSSR count). The Balaban J connectivity index is 2.21. The fourth-order valence-electron chi connectivity index (χ4n) is 2.84. The van der Waals surface area contributed by atoms with Crippen LogP contribution in [-0.4, -0.2) is 23.4 Å². The number of carbonyl (C=O) groups excluding carboxylic acids is 1. The Morgan fingerprint density at radius 3 is 2.67 bits per heavy atom. The molecule has 0 aliphatic carbocycles. The fourth-order valence-corrected chi connectivity index (χ4v) is 2.84. The molecular weight excluding hydrogens is 274 g/mol. The molecule has 21 heavy (non-hydrogen) atoms. The molecule has 5 heteroatoms. The van der Waals surface area contributed by atoms with Gasteiger partial charge in [-0.3, -0.25) is 10.1 Å². The number of halogens is 2. The Labute approximate surface area is 124 Å². The van der Waals surface area contributed by atoms with Crippen molar-refractivity contribution in [2.24, 2.45) is 5.92 Å². The second-order valence-corrected chi connectivity index (χ2v) is 5.86. The highest BCUT2D eigenvalue weighted by Gasteiger charge is 2.35. The second kappa shape index (κ2) is 6.52. The number of amides is 1. The van der Waals surface area contributed by atoms with Crippen molar-refractivity contribution < 1.29 is 13.6 Å². The van der Waals surface area contributed by atoms with Gasteiger partial charge >= 0.3 is 0 Å². The molecule has 3 unspecified atom stereocenters. The summed E-state index contributed by atoms with van der Waals surface area (Å²) >= 11 is 0. The van der Waals surface area contributed by atoms with E-state index in [1.54, 1.807) is 4.90 Å². The summed E-state index contributed by atoms with van der Waals surface area (Å²) in [6.07, 6.45) is 1.56. The van der Waals surface area contributed by atoms with Crippen molar-refractivity contribution in [1.82, 2.24) is 10.2 Å². The molecule has 1 amide bonds. The van der Waals surface area contributed by atoms with Crippen LogP contribution in [0, 0.1) is 17.6 Å². The molecule has 3 nitrogen and oxygen atoms in total. The minimum absolute atomic E-state index is 0.000497. The van der Waals surface area contributed by atoms with Crippen LogP contribution in [0.1, 0.15) is 45.3 Å². The first-order valence-electron chi connectivity index (χ1n) is 7.43. The van der Waals surface area contributed by atoms with Gasteiger partial charge in [-0.2, -0.15) is 0 Å². The van der Waals surface area contributed by atoms with Crippen LogP contribution in [0.4, 0.5) is 8.78 Å². The molecule has 3 atom stereocenters. The zero-order valence-corrected chi connectivity index (χ0v) is 12.7. The molecule has 1 heterocycles. The number of carbonyl (C=O) groups is 1. The lowest BCUT2D eigenvalue weighted by atomic mass is 9.98. The first-order chi connectivity index (χ1) is 9.93. The van der Waals surface area contributed by atoms with Gasteiger partial charge in [0.05, 0.1) is 6.54 Å². The van der Waals surface area contributed by atoms with Crippen molar-refractivity contribution in [2.45, 2.75) is 45.8 Å². The summed E-state index contributed by atoms with van der Waals surface area (Å²) in [6.45, 7) is 6.50. The first-order valence-corrected chi connectivity index (χ1v) is 7.43. The van der Waals surface area contributed by atoms with Gasteiger partial charge in [0.2, 0.25) is 5.91 Å². The van der Waals surface area contributed by atoms with Crippen molar-refractivity contribution in [3.8, 4) is 0 Å². The molecule has 1 N–H and O–H groups in total. The molecule has 0 spiro atoms. The summed E-state index contributed by atoms with van der Waals surface area (Å²) in [6, 6.07) is 3.85. The number of nitrogens with zero attached hydrogens (tertiary/aromatic N) is 1. The molecule has 116 valence electrons. The Morgan fingerprint density at radius 2 is 2.05 bits per heavy atom. The summed E-state index contributed by atoms with van der Waals surface area (Å²) in [5, 5.41) is 3.08. The van der Waals surface area contributed by atoms with Crippen molar-refractivity contribution in [3.05, 3.63) is 35.4 Å². The Kier molecular flexibility index (Phi) is 4.93. The normalized spacial score (nSPS) is 21.7. The number of nitrogens with one attached hydrogen (secondary N) is 1. The summed E-state index contributed by atoms with van der Waals surface area (Å²) in [7, 11) is 0. The quantitative estimate of drug-likeness (QED) is 0.905. The molecule has 0 saturated carbocycles. The SMILES string of the molecule is CCC(C)CC(C)N1C(=O)CNC1c1ccc(F)c(F)c1. The highest BCUT2D eigenvalue weighted by atomic mass is 19.2. The van der Waals surface area contributed by atoms with E-state index in [0.717, 1.165) is 25.0 Å². The fraction of sp³-hybridized carbons (Fsp3) is 0.562. The van der Waals surface area contributed by atoms with Crippen LogP contribution in [-0.2, 0) is 4.79 Å². The standard InChI is InChI=1S/C16H22F2N2O/c1-4-10(2)7-11(3)20-15(21)9-19-16(20)12-5-6-13(17)14(18)8-12/h5-6,8,10-11,16,19H,4,7,9H2,1-3H3. The number of hydrogen-bond acceptors (Lipinski definition) is 2. The van der Waals surface area contributed by atoms with Crippen LogP contribution >= 0.6 is 0 Å². The van der Waals surface area contributed by atoms with Gasteiger partial charge in [-0.25, -0.2) is 8.78 Å². The summed E-state index contributed by atoms with van der Waals surface area (Å²) < 4.78 is 26.5.